The SMILES string of the molecule is CCCSNC(=O)NC(=NC(=O)N(C)C)OC(C)C. The number of carbonyl (C=O) groups is 2. The molecule has 0 aliphatic heterocycles. The molecule has 0 aromatic carbocycles. The van der Waals surface area contributed by atoms with Crippen molar-refractivity contribution >= 4 is 30.0 Å². The lowest BCUT2D eigenvalue weighted by atomic mass is 10.5. The van der Waals surface area contributed by atoms with Crippen molar-refractivity contribution in [2.45, 2.75) is 33.3 Å². The molecular weight excluding hydrogens is 268 g/mol. The summed E-state index contributed by atoms with van der Waals surface area (Å²) in [5.41, 5.74) is 0. The molecule has 7 nitrogen and oxygen atoms in total. The standard InChI is InChI=1S/C11H22N4O3S/c1-6-7-19-14-9(16)12-10(18-8(2)3)13-11(17)15(4)5/h8H,6-7H2,1-5H3,(H2,12,13,14,16,17). The zero-order chi connectivity index (χ0) is 14.8. The van der Waals surface area contributed by atoms with Gasteiger partial charge in [0.15, 0.2) is 0 Å². The fourth-order valence-electron chi connectivity index (χ4n) is 0.835. The summed E-state index contributed by atoms with van der Waals surface area (Å²) < 4.78 is 7.84. The van der Waals surface area contributed by atoms with Gasteiger partial charge in [0.1, 0.15) is 0 Å². The Balaban J connectivity index is 4.51. The lowest BCUT2D eigenvalue weighted by Gasteiger charge is -2.14. The smallest absolute Gasteiger partial charge is 0.347 e. The van der Waals surface area contributed by atoms with Crippen LogP contribution >= 0.6 is 11.9 Å². The Morgan fingerprint density at radius 3 is 2.47 bits per heavy atom. The highest BCUT2D eigenvalue weighted by molar-refractivity contribution is 7.97. The third kappa shape index (κ3) is 9.18. The van der Waals surface area contributed by atoms with Gasteiger partial charge in [-0.2, -0.15) is 0 Å². The van der Waals surface area contributed by atoms with Crippen LogP contribution in [0.3, 0.4) is 0 Å². The van der Waals surface area contributed by atoms with Crippen molar-refractivity contribution in [3.8, 4) is 0 Å². The highest BCUT2D eigenvalue weighted by Crippen LogP contribution is 1.96. The Labute approximate surface area is 118 Å². The normalized spacial score (nSPS) is 11.2. The van der Waals surface area contributed by atoms with Gasteiger partial charge in [0.05, 0.1) is 6.10 Å². The van der Waals surface area contributed by atoms with E-state index in [2.05, 4.69) is 15.0 Å². The van der Waals surface area contributed by atoms with E-state index in [1.807, 2.05) is 6.92 Å². The van der Waals surface area contributed by atoms with Crippen LogP contribution in [0.5, 0.6) is 0 Å². The van der Waals surface area contributed by atoms with E-state index in [9.17, 15) is 9.59 Å². The molecule has 8 heteroatoms. The Morgan fingerprint density at radius 2 is 2.00 bits per heavy atom. The number of rotatable bonds is 4. The summed E-state index contributed by atoms with van der Waals surface area (Å²) in [4.78, 5) is 28.0. The summed E-state index contributed by atoms with van der Waals surface area (Å²) in [7, 11) is 3.13. The summed E-state index contributed by atoms with van der Waals surface area (Å²) in [6.45, 7) is 5.57. The zero-order valence-corrected chi connectivity index (χ0v) is 12.8. The topological polar surface area (TPSA) is 83.0 Å². The third-order valence-electron chi connectivity index (χ3n) is 1.62. The number of urea groups is 2. The van der Waals surface area contributed by atoms with E-state index in [0.29, 0.717) is 0 Å². The van der Waals surface area contributed by atoms with Gasteiger partial charge < -0.3 is 9.64 Å². The molecule has 0 rings (SSSR count). The molecule has 0 aliphatic rings. The summed E-state index contributed by atoms with van der Waals surface area (Å²) in [5, 5.41) is 2.40. The van der Waals surface area contributed by atoms with E-state index in [1.165, 1.54) is 16.8 Å². The molecule has 0 spiro atoms. The van der Waals surface area contributed by atoms with Gasteiger partial charge in [0.2, 0.25) is 0 Å². The van der Waals surface area contributed by atoms with Crippen LogP contribution < -0.4 is 10.0 Å². The molecule has 0 radical (unpaired) electrons. The van der Waals surface area contributed by atoms with E-state index in [4.69, 9.17) is 4.74 Å². The largest absolute Gasteiger partial charge is 0.462 e. The molecule has 0 saturated heterocycles. The number of carbonyl (C=O) groups excluding carboxylic acids is 2. The number of nitrogens with zero attached hydrogens (tertiary/aromatic N) is 2. The molecular formula is C11H22N4O3S. The maximum absolute atomic E-state index is 11.5. The summed E-state index contributed by atoms with van der Waals surface area (Å²) in [5.74, 6) is 0.807. The molecule has 0 bridgehead atoms. The molecule has 2 N–H and O–H groups in total. The number of amidine groups is 1. The summed E-state index contributed by atoms with van der Waals surface area (Å²) in [6.07, 6.45) is 0.755. The van der Waals surface area contributed by atoms with Crippen LogP contribution in [0.4, 0.5) is 9.59 Å². The Hall–Kier alpha value is -1.44. The molecule has 0 unspecified atom stereocenters. The van der Waals surface area contributed by atoms with Crippen molar-refractivity contribution in [3.05, 3.63) is 0 Å². The van der Waals surface area contributed by atoms with Crippen LogP contribution in [-0.2, 0) is 4.74 Å². The maximum atomic E-state index is 11.5. The van der Waals surface area contributed by atoms with Gasteiger partial charge in [-0.15, -0.1) is 4.99 Å². The van der Waals surface area contributed by atoms with Gasteiger partial charge in [-0.3, -0.25) is 10.0 Å². The molecule has 0 atom stereocenters. The van der Waals surface area contributed by atoms with E-state index < -0.39 is 12.1 Å². The minimum absolute atomic E-state index is 0.108. The number of nitrogens with one attached hydrogen (secondary N) is 2. The molecule has 110 valence electrons. The highest BCUT2D eigenvalue weighted by Gasteiger charge is 2.12. The molecule has 0 aliphatic carbocycles. The highest BCUT2D eigenvalue weighted by atomic mass is 32.2. The monoisotopic (exact) mass is 290 g/mol. The fourth-order valence-corrected chi connectivity index (χ4v) is 1.32. The molecule has 0 fully saturated rings. The van der Waals surface area contributed by atoms with Gasteiger partial charge in [0.25, 0.3) is 0 Å². The lowest BCUT2D eigenvalue weighted by molar-refractivity contribution is 0.206. The predicted molar refractivity (Wildman–Crippen MR) is 77.2 cm³/mol. The van der Waals surface area contributed by atoms with Crippen LogP contribution in [0, 0.1) is 0 Å². The fraction of sp³-hybridized carbons (Fsp3) is 0.727. The van der Waals surface area contributed by atoms with Crippen molar-refractivity contribution in [1.82, 2.24) is 14.9 Å². The van der Waals surface area contributed by atoms with Crippen molar-refractivity contribution in [2.75, 3.05) is 19.8 Å². The number of amides is 4. The van der Waals surface area contributed by atoms with E-state index >= 15 is 0 Å². The second kappa shape index (κ2) is 9.48. The summed E-state index contributed by atoms with van der Waals surface area (Å²) >= 11 is 1.28. The second-order valence-corrected chi connectivity index (χ2v) is 5.07. The molecule has 0 aromatic heterocycles. The van der Waals surface area contributed by atoms with Crippen molar-refractivity contribution in [3.63, 3.8) is 0 Å². The first-order valence-electron chi connectivity index (χ1n) is 6.02. The number of aliphatic imine (C=N–C) groups is 1. The van der Waals surface area contributed by atoms with Crippen molar-refractivity contribution in [2.24, 2.45) is 4.99 Å². The molecule has 19 heavy (non-hydrogen) atoms. The quantitative estimate of drug-likeness (QED) is 0.358. The first kappa shape index (κ1) is 17.6. The van der Waals surface area contributed by atoms with E-state index in [0.717, 1.165) is 12.2 Å². The van der Waals surface area contributed by atoms with Crippen molar-refractivity contribution < 1.29 is 14.3 Å². The first-order chi connectivity index (χ1) is 8.86. The van der Waals surface area contributed by atoms with Gasteiger partial charge >= 0.3 is 18.1 Å². The number of hydrogen-bond acceptors (Lipinski definition) is 4. The Morgan fingerprint density at radius 1 is 1.37 bits per heavy atom. The minimum Gasteiger partial charge on any atom is -0.462 e. The molecule has 0 aromatic rings. The van der Waals surface area contributed by atoms with Gasteiger partial charge in [-0.25, -0.2) is 9.59 Å². The van der Waals surface area contributed by atoms with Gasteiger partial charge in [-0.05, 0) is 32.2 Å². The van der Waals surface area contributed by atoms with Crippen LogP contribution in [0.2, 0.25) is 0 Å². The van der Waals surface area contributed by atoms with Gasteiger partial charge in [-0.1, -0.05) is 6.92 Å². The first-order valence-corrected chi connectivity index (χ1v) is 7.00. The second-order valence-electron chi connectivity index (χ2n) is 4.17. The average molecular weight is 290 g/mol. The maximum Gasteiger partial charge on any atom is 0.347 e. The van der Waals surface area contributed by atoms with Gasteiger partial charge in [0, 0.05) is 19.8 Å². The molecule has 0 saturated carbocycles. The van der Waals surface area contributed by atoms with Crippen LogP contribution in [0.25, 0.3) is 0 Å². The van der Waals surface area contributed by atoms with Crippen LogP contribution in [0.1, 0.15) is 27.2 Å². The minimum atomic E-state index is -0.503. The number of hydrogen-bond donors (Lipinski definition) is 2. The molecule has 4 amide bonds. The summed E-state index contributed by atoms with van der Waals surface area (Å²) in [6, 6.07) is -1.08. The van der Waals surface area contributed by atoms with E-state index in [1.54, 1.807) is 27.9 Å². The van der Waals surface area contributed by atoms with Crippen LogP contribution in [0.15, 0.2) is 4.99 Å². The van der Waals surface area contributed by atoms with E-state index in [-0.39, 0.29) is 12.1 Å². The zero-order valence-electron chi connectivity index (χ0n) is 12.0. The molecule has 0 heterocycles. The number of ether oxygens (including phenoxy) is 1. The van der Waals surface area contributed by atoms with Crippen molar-refractivity contribution in [1.29, 1.82) is 0 Å². The van der Waals surface area contributed by atoms with Crippen LogP contribution in [-0.4, -0.2) is 48.9 Å². The third-order valence-corrected chi connectivity index (χ3v) is 2.56. The lowest BCUT2D eigenvalue weighted by Crippen LogP contribution is -2.40. The Bertz CT molecular complexity index is 332. The Kier molecular flexibility index (Phi) is 8.77. The predicted octanol–water partition coefficient (Wildman–Crippen LogP) is 1.81. The average Bonchev–Trinajstić information content (AvgIpc) is 2.27.